The molecular weight excluding hydrogens is 300 g/mol. The van der Waals surface area contributed by atoms with Crippen LogP contribution >= 0.6 is 0 Å². The summed E-state index contributed by atoms with van der Waals surface area (Å²) in [5, 5.41) is 3.40. The van der Waals surface area contributed by atoms with Crippen molar-refractivity contribution < 1.29 is 9.47 Å². The van der Waals surface area contributed by atoms with Gasteiger partial charge in [0.05, 0.1) is 7.11 Å². The molecule has 4 nitrogen and oxygen atoms in total. The van der Waals surface area contributed by atoms with E-state index in [9.17, 15) is 0 Å². The number of methoxy groups -OCH3 is 1. The molecule has 1 aliphatic heterocycles. The number of hydrogen-bond donors (Lipinski definition) is 1. The van der Waals surface area contributed by atoms with Gasteiger partial charge in [-0.15, -0.1) is 0 Å². The van der Waals surface area contributed by atoms with Crippen LogP contribution in [0.5, 0.6) is 11.5 Å². The zero-order chi connectivity index (χ0) is 16.8. The predicted octanol–water partition coefficient (Wildman–Crippen LogP) is 3.24. The molecule has 3 rings (SSSR count). The molecule has 2 aromatic carbocycles. The van der Waals surface area contributed by atoms with Crippen LogP contribution in [0.15, 0.2) is 48.5 Å². The summed E-state index contributed by atoms with van der Waals surface area (Å²) in [4.78, 5) is 2.50. The van der Waals surface area contributed by atoms with Gasteiger partial charge < -0.3 is 14.8 Å². The summed E-state index contributed by atoms with van der Waals surface area (Å²) < 4.78 is 11.5. The Morgan fingerprint density at radius 3 is 2.50 bits per heavy atom. The normalized spacial score (nSPS) is 16.6. The molecular formula is C20H26N2O2. The lowest BCUT2D eigenvalue weighted by molar-refractivity contribution is 0.185. The maximum absolute atomic E-state index is 5.95. The van der Waals surface area contributed by atoms with Gasteiger partial charge in [-0.05, 0) is 30.2 Å². The molecule has 0 bridgehead atoms. The molecule has 128 valence electrons. The smallest absolute Gasteiger partial charge is 0.161 e. The highest BCUT2D eigenvalue weighted by Crippen LogP contribution is 2.32. The van der Waals surface area contributed by atoms with Crippen molar-refractivity contribution in [3.63, 3.8) is 0 Å². The van der Waals surface area contributed by atoms with Gasteiger partial charge in [0.15, 0.2) is 11.5 Å². The number of nitrogens with one attached hydrogen (secondary N) is 1. The summed E-state index contributed by atoms with van der Waals surface area (Å²) in [5.74, 6) is 1.59. The van der Waals surface area contributed by atoms with E-state index in [0.29, 0.717) is 12.6 Å². The second kappa shape index (κ2) is 8.18. The van der Waals surface area contributed by atoms with Crippen molar-refractivity contribution >= 4 is 0 Å². The van der Waals surface area contributed by atoms with Crippen LogP contribution in [0.25, 0.3) is 0 Å². The van der Waals surface area contributed by atoms with E-state index in [1.807, 2.05) is 24.3 Å². The number of hydrogen-bond acceptors (Lipinski definition) is 4. The first-order chi connectivity index (χ1) is 11.8. The first-order valence-electron chi connectivity index (χ1n) is 8.57. The number of rotatable bonds is 6. The van der Waals surface area contributed by atoms with Gasteiger partial charge in [-0.3, -0.25) is 4.90 Å². The lowest BCUT2D eigenvalue weighted by Crippen LogP contribution is -2.44. The zero-order valence-electron chi connectivity index (χ0n) is 14.5. The van der Waals surface area contributed by atoms with Gasteiger partial charge in [-0.25, -0.2) is 0 Å². The second-order valence-corrected chi connectivity index (χ2v) is 6.15. The first kappa shape index (κ1) is 16.8. The summed E-state index contributed by atoms with van der Waals surface area (Å²) >= 11 is 0. The molecule has 0 amide bonds. The van der Waals surface area contributed by atoms with E-state index in [4.69, 9.17) is 9.47 Å². The maximum atomic E-state index is 5.95. The minimum absolute atomic E-state index is 0.379. The largest absolute Gasteiger partial charge is 0.493 e. The van der Waals surface area contributed by atoms with Gasteiger partial charge in [0.25, 0.3) is 0 Å². The summed E-state index contributed by atoms with van der Waals surface area (Å²) in [5.41, 5.74) is 2.42. The van der Waals surface area contributed by atoms with Gasteiger partial charge in [-0.1, -0.05) is 36.4 Å². The van der Waals surface area contributed by atoms with Crippen LogP contribution in [0.4, 0.5) is 0 Å². The molecule has 1 aliphatic rings. The van der Waals surface area contributed by atoms with Gasteiger partial charge >= 0.3 is 0 Å². The Kier molecular flexibility index (Phi) is 5.72. The molecule has 1 N–H and O–H groups in total. The van der Waals surface area contributed by atoms with E-state index in [-0.39, 0.29) is 0 Å². The van der Waals surface area contributed by atoms with E-state index >= 15 is 0 Å². The van der Waals surface area contributed by atoms with E-state index in [2.05, 4.69) is 41.4 Å². The Balaban J connectivity index is 1.70. The summed E-state index contributed by atoms with van der Waals surface area (Å²) in [6.07, 6.45) is 0. The van der Waals surface area contributed by atoms with Gasteiger partial charge in [-0.2, -0.15) is 0 Å². The van der Waals surface area contributed by atoms with Gasteiger partial charge in [0.1, 0.15) is 6.61 Å². The molecule has 0 aliphatic carbocycles. The fraction of sp³-hybridized carbons (Fsp3) is 0.400. The molecule has 0 aromatic heterocycles. The van der Waals surface area contributed by atoms with Crippen molar-refractivity contribution in [1.82, 2.24) is 10.2 Å². The van der Waals surface area contributed by atoms with Gasteiger partial charge in [0, 0.05) is 32.2 Å². The van der Waals surface area contributed by atoms with E-state index in [1.165, 1.54) is 5.56 Å². The third kappa shape index (κ3) is 4.08. The Labute approximate surface area is 144 Å². The van der Waals surface area contributed by atoms with E-state index < -0.39 is 0 Å². The summed E-state index contributed by atoms with van der Waals surface area (Å²) in [7, 11) is 1.70. The maximum Gasteiger partial charge on any atom is 0.161 e. The number of piperazine rings is 1. The van der Waals surface area contributed by atoms with E-state index in [0.717, 1.165) is 43.2 Å². The molecule has 4 heteroatoms. The van der Waals surface area contributed by atoms with Crippen LogP contribution in [-0.4, -0.2) is 38.2 Å². The molecule has 1 saturated heterocycles. The molecule has 2 aromatic rings. The van der Waals surface area contributed by atoms with Crippen LogP contribution in [0, 0.1) is 0 Å². The fourth-order valence-electron chi connectivity index (χ4n) is 3.08. The highest BCUT2D eigenvalue weighted by Gasteiger charge is 2.19. The molecule has 0 radical (unpaired) electrons. The Bertz CT molecular complexity index is 639. The average molecular weight is 326 g/mol. The van der Waals surface area contributed by atoms with Crippen molar-refractivity contribution in [3.05, 3.63) is 59.7 Å². The highest BCUT2D eigenvalue weighted by molar-refractivity contribution is 5.44. The molecule has 1 fully saturated rings. The third-order valence-electron chi connectivity index (χ3n) is 4.61. The standard InChI is InChI=1S/C20H26N2O2/c1-16(22-12-10-21-11-13-22)18-8-9-19(20(14-18)23-2)24-15-17-6-4-3-5-7-17/h3-9,14,16,21H,10-13,15H2,1-2H3/t16-/m1/s1. The van der Waals surface area contributed by atoms with Crippen LogP contribution in [0.2, 0.25) is 0 Å². The lowest BCUT2D eigenvalue weighted by Gasteiger charge is -2.33. The molecule has 0 saturated carbocycles. The lowest BCUT2D eigenvalue weighted by atomic mass is 10.1. The molecule has 1 heterocycles. The second-order valence-electron chi connectivity index (χ2n) is 6.15. The predicted molar refractivity (Wildman–Crippen MR) is 96.6 cm³/mol. The van der Waals surface area contributed by atoms with Crippen LogP contribution < -0.4 is 14.8 Å². The highest BCUT2D eigenvalue weighted by atomic mass is 16.5. The Hall–Kier alpha value is -2.04. The van der Waals surface area contributed by atoms with Crippen molar-refractivity contribution in [2.24, 2.45) is 0 Å². The molecule has 0 unspecified atom stereocenters. The van der Waals surface area contributed by atoms with Crippen molar-refractivity contribution in [2.75, 3.05) is 33.3 Å². The number of nitrogens with zero attached hydrogens (tertiary/aromatic N) is 1. The summed E-state index contributed by atoms with van der Waals surface area (Å²) in [6, 6.07) is 16.8. The van der Waals surface area contributed by atoms with Crippen LogP contribution in [-0.2, 0) is 6.61 Å². The Morgan fingerprint density at radius 2 is 1.79 bits per heavy atom. The minimum Gasteiger partial charge on any atom is -0.493 e. The quantitative estimate of drug-likeness (QED) is 0.883. The molecule has 0 spiro atoms. The van der Waals surface area contributed by atoms with Crippen LogP contribution in [0.3, 0.4) is 0 Å². The third-order valence-corrected chi connectivity index (χ3v) is 4.61. The first-order valence-corrected chi connectivity index (χ1v) is 8.57. The molecule has 1 atom stereocenters. The Morgan fingerprint density at radius 1 is 1.04 bits per heavy atom. The van der Waals surface area contributed by atoms with Gasteiger partial charge in [0.2, 0.25) is 0 Å². The summed E-state index contributed by atoms with van der Waals surface area (Å²) in [6.45, 7) is 7.07. The van der Waals surface area contributed by atoms with E-state index in [1.54, 1.807) is 7.11 Å². The monoisotopic (exact) mass is 326 g/mol. The molecule has 24 heavy (non-hydrogen) atoms. The van der Waals surface area contributed by atoms with Crippen molar-refractivity contribution in [3.8, 4) is 11.5 Å². The minimum atomic E-state index is 0.379. The van der Waals surface area contributed by atoms with Crippen molar-refractivity contribution in [1.29, 1.82) is 0 Å². The fourth-order valence-corrected chi connectivity index (χ4v) is 3.08. The topological polar surface area (TPSA) is 33.7 Å². The van der Waals surface area contributed by atoms with Crippen LogP contribution in [0.1, 0.15) is 24.1 Å². The number of ether oxygens (including phenoxy) is 2. The zero-order valence-corrected chi connectivity index (χ0v) is 14.5. The van der Waals surface area contributed by atoms with Crippen molar-refractivity contribution in [2.45, 2.75) is 19.6 Å². The SMILES string of the molecule is COc1cc([C@@H](C)N2CCNCC2)ccc1OCc1ccccc1. The number of benzene rings is 2. The average Bonchev–Trinajstić information content (AvgIpc) is 2.67.